The van der Waals surface area contributed by atoms with Crippen LogP contribution in [0.1, 0.15) is 47.0 Å². The Morgan fingerprint density at radius 3 is 1.42 bits per heavy atom. The number of nitrogens with one attached hydrogen (secondary N) is 2. The first-order valence-electron chi connectivity index (χ1n) is 10.6. The Morgan fingerprint density at radius 2 is 1.03 bits per heavy atom. The van der Waals surface area contributed by atoms with Crippen molar-refractivity contribution < 1.29 is 47.7 Å². The standard InChI is InChI=1S/C20H33N3O10/c1-5-30-16(25)10-13(19(28)32-7-3)22-15(24)9-12(21)18(27)23-14(20(29)33-8-4)11-17(26)31-6-2/h12-14H,5-11,21H2,1-4H3,(H,22,24)(H,23,27)/t12-,13-,14-/m0/s1. The number of ether oxygens (including phenoxy) is 4. The summed E-state index contributed by atoms with van der Waals surface area (Å²) >= 11 is 0. The molecule has 0 bridgehead atoms. The van der Waals surface area contributed by atoms with Crippen molar-refractivity contribution in [3.63, 3.8) is 0 Å². The van der Waals surface area contributed by atoms with Gasteiger partial charge in [0.05, 0.1) is 51.7 Å². The Hall–Kier alpha value is -3.22. The van der Waals surface area contributed by atoms with E-state index in [4.69, 9.17) is 24.7 Å². The molecule has 13 nitrogen and oxygen atoms in total. The second-order valence-electron chi connectivity index (χ2n) is 6.51. The van der Waals surface area contributed by atoms with E-state index in [-0.39, 0.29) is 26.4 Å². The molecule has 4 N–H and O–H groups in total. The first-order valence-corrected chi connectivity index (χ1v) is 10.6. The van der Waals surface area contributed by atoms with Gasteiger partial charge in [0.2, 0.25) is 11.8 Å². The van der Waals surface area contributed by atoms with Crippen molar-refractivity contribution in [3.05, 3.63) is 0 Å². The van der Waals surface area contributed by atoms with Crippen molar-refractivity contribution in [1.29, 1.82) is 0 Å². The van der Waals surface area contributed by atoms with Crippen LogP contribution < -0.4 is 16.4 Å². The molecule has 2 amide bonds. The van der Waals surface area contributed by atoms with E-state index in [1.54, 1.807) is 27.7 Å². The number of rotatable bonds is 15. The zero-order chi connectivity index (χ0) is 25.4. The average Bonchev–Trinajstić information content (AvgIpc) is 2.73. The van der Waals surface area contributed by atoms with E-state index in [1.165, 1.54) is 0 Å². The second kappa shape index (κ2) is 16.4. The first-order chi connectivity index (χ1) is 15.6. The molecule has 0 saturated carbocycles. The summed E-state index contributed by atoms with van der Waals surface area (Å²) in [5.41, 5.74) is 5.74. The molecule has 0 rings (SSSR count). The SMILES string of the molecule is CCOC(=O)C[C@H](NC(=O)C[C@H](N)C(=O)N[C@@H](CC(=O)OCC)C(=O)OCC)C(=O)OCC. The molecule has 0 aliphatic heterocycles. The maximum absolute atomic E-state index is 12.4. The van der Waals surface area contributed by atoms with Crippen molar-refractivity contribution in [1.82, 2.24) is 10.6 Å². The molecular weight excluding hydrogens is 442 g/mol. The predicted octanol–water partition coefficient (Wildman–Crippen LogP) is -1.29. The summed E-state index contributed by atoms with van der Waals surface area (Å²) in [4.78, 5) is 72.2. The highest BCUT2D eigenvalue weighted by Crippen LogP contribution is 2.03. The maximum Gasteiger partial charge on any atom is 0.329 e. The Kier molecular flexibility index (Phi) is 14.8. The molecule has 0 saturated heterocycles. The van der Waals surface area contributed by atoms with Crippen molar-refractivity contribution in [2.75, 3.05) is 26.4 Å². The third-order valence-corrected chi connectivity index (χ3v) is 3.89. The highest BCUT2D eigenvalue weighted by atomic mass is 16.5. The lowest BCUT2D eigenvalue weighted by molar-refractivity contribution is -0.153. The summed E-state index contributed by atoms with van der Waals surface area (Å²) in [6.07, 6.45) is -1.54. The molecule has 0 spiro atoms. The van der Waals surface area contributed by atoms with Crippen LogP contribution in [-0.4, -0.2) is 80.2 Å². The molecule has 0 fully saturated rings. The molecule has 3 atom stereocenters. The van der Waals surface area contributed by atoms with Gasteiger partial charge in [-0.1, -0.05) is 0 Å². The summed E-state index contributed by atoms with van der Waals surface area (Å²) in [5.74, 6) is -4.92. The molecule has 0 aliphatic rings. The minimum absolute atomic E-state index is 0.0121. The van der Waals surface area contributed by atoms with Crippen LogP contribution in [0.15, 0.2) is 0 Å². The number of hydrogen-bond acceptors (Lipinski definition) is 11. The van der Waals surface area contributed by atoms with Crippen molar-refractivity contribution >= 4 is 35.7 Å². The Labute approximate surface area is 192 Å². The second-order valence-corrected chi connectivity index (χ2v) is 6.51. The van der Waals surface area contributed by atoms with E-state index in [9.17, 15) is 28.8 Å². The normalized spacial score (nSPS) is 13.0. The van der Waals surface area contributed by atoms with E-state index in [2.05, 4.69) is 10.6 Å². The van der Waals surface area contributed by atoms with Gasteiger partial charge in [0.25, 0.3) is 0 Å². The number of hydrogen-bond donors (Lipinski definition) is 3. The van der Waals surface area contributed by atoms with Gasteiger partial charge in [-0.15, -0.1) is 0 Å². The number of amides is 2. The minimum atomic E-state index is -1.44. The van der Waals surface area contributed by atoms with E-state index >= 15 is 0 Å². The van der Waals surface area contributed by atoms with Crippen LogP contribution >= 0.6 is 0 Å². The van der Waals surface area contributed by atoms with E-state index in [0.29, 0.717) is 0 Å². The molecule has 0 aromatic carbocycles. The fraction of sp³-hybridized carbons (Fsp3) is 0.700. The third-order valence-electron chi connectivity index (χ3n) is 3.89. The Morgan fingerprint density at radius 1 is 0.636 bits per heavy atom. The lowest BCUT2D eigenvalue weighted by Gasteiger charge is -2.20. The molecule has 0 aliphatic carbocycles. The summed E-state index contributed by atoms with van der Waals surface area (Å²) in [6, 6.07) is -4.13. The van der Waals surface area contributed by atoms with Crippen molar-refractivity contribution in [3.8, 4) is 0 Å². The van der Waals surface area contributed by atoms with Gasteiger partial charge in [-0.05, 0) is 27.7 Å². The number of carbonyl (C=O) groups is 6. The zero-order valence-corrected chi connectivity index (χ0v) is 19.3. The molecule has 33 heavy (non-hydrogen) atoms. The Bertz CT molecular complexity index is 698. The van der Waals surface area contributed by atoms with Crippen molar-refractivity contribution in [2.24, 2.45) is 5.73 Å². The van der Waals surface area contributed by atoms with E-state index in [0.717, 1.165) is 0 Å². The lowest BCUT2D eigenvalue weighted by Crippen LogP contribution is -2.52. The first kappa shape index (κ1) is 29.8. The monoisotopic (exact) mass is 475 g/mol. The quantitative estimate of drug-likeness (QED) is 0.189. The molecule has 13 heteroatoms. The summed E-state index contributed by atoms with van der Waals surface area (Å²) in [7, 11) is 0. The molecule has 0 aromatic heterocycles. The van der Waals surface area contributed by atoms with Gasteiger partial charge >= 0.3 is 23.9 Å². The number of carbonyl (C=O) groups excluding carboxylic acids is 6. The van der Waals surface area contributed by atoms with Crippen LogP contribution in [0.3, 0.4) is 0 Å². The number of esters is 4. The number of nitrogens with two attached hydrogens (primary N) is 1. The topological polar surface area (TPSA) is 189 Å². The molecule has 0 unspecified atom stereocenters. The lowest BCUT2D eigenvalue weighted by atomic mass is 10.1. The fourth-order valence-electron chi connectivity index (χ4n) is 2.47. The average molecular weight is 475 g/mol. The van der Waals surface area contributed by atoms with Gasteiger partial charge < -0.3 is 35.3 Å². The molecule has 0 aromatic rings. The van der Waals surface area contributed by atoms with Gasteiger partial charge in [-0.25, -0.2) is 9.59 Å². The van der Waals surface area contributed by atoms with Crippen LogP contribution in [-0.2, 0) is 47.7 Å². The largest absolute Gasteiger partial charge is 0.466 e. The Balaban J connectivity index is 5.08. The highest BCUT2D eigenvalue weighted by molar-refractivity contribution is 5.94. The fourth-order valence-corrected chi connectivity index (χ4v) is 2.47. The summed E-state index contributed by atoms with van der Waals surface area (Å²) in [5, 5.41) is 4.54. The molecule has 188 valence electrons. The summed E-state index contributed by atoms with van der Waals surface area (Å²) in [6.45, 7) is 6.46. The summed E-state index contributed by atoms with van der Waals surface area (Å²) < 4.78 is 19.2. The van der Waals surface area contributed by atoms with Crippen LogP contribution in [0.2, 0.25) is 0 Å². The van der Waals surface area contributed by atoms with Gasteiger partial charge in [-0.3, -0.25) is 19.2 Å². The molecule has 0 radical (unpaired) electrons. The molecular formula is C20H33N3O10. The van der Waals surface area contributed by atoms with Gasteiger partial charge in [-0.2, -0.15) is 0 Å². The van der Waals surface area contributed by atoms with Gasteiger partial charge in [0.15, 0.2) is 0 Å². The maximum atomic E-state index is 12.4. The van der Waals surface area contributed by atoms with E-state index < -0.39 is 73.1 Å². The van der Waals surface area contributed by atoms with Gasteiger partial charge in [0.1, 0.15) is 12.1 Å². The van der Waals surface area contributed by atoms with Crippen LogP contribution in [0.5, 0.6) is 0 Å². The smallest absolute Gasteiger partial charge is 0.329 e. The van der Waals surface area contributed by atoms with Crippen molar-refractivity contribution in [2.45, 2.75) is 65.1 Å². The van der Waals surface area contributed by atoms with Crippen LogP contribution in [0.4, 0.5) is 0 Å². The predicted molar refractivity (Wildman–Crippen MR) is 112 cm³/mol. The van der Waals surface area contributed by atoms with Crippen LogP contribution in [0.25, 0.3) is 0 Å². The molecule has 0 heterocycles. The minimum Gasteiger partial charge on any atom is -0.466 e. The zero-order valence-electron chi connectivity index (χ0n) is 19.3. The van der Waals surface area contributed by atoms with Crippen LogP contribution in [0, 0.1) is 0 Å². The third kappa shape index (κ3) is 12.4. The van der Waals surface area contributed by atoms with Gasteiger partial charge in [0, 0.05) is 0 Å². The highest BCUT2D eigenvalue weighted by Gasteiger charge is 2.30. The van der Waals surface area contributed by atoms with E-state index in [1.807, 2.05) is 0 Å².